The van der Waals surface area contributed by atoms with E-state index in [2.05, 4.69) is 41.0 Å². The molecule has 1 amide bonds. The van der Waals surface area contributed by atoms with Crippen molar-refractivity contribution in [1.29, 1.82) is 0 Å². The van der Waals surface area contributed by atoms with Gasteiger partial charge in [0.25, 0.3) is 0 Å². The maximum atomic E-state index is 13.7. The molecule has 1 aromatic carbocycles. The van der Waals surface area contributed by atoms with Crippen LogP contribution in [0.25, 0.3) is 11.0 Å². The Morgan fingerprint density at radius 1 is 1.14 bits per heavy atom. The fourth-order valence-electron chi connectivity index (χ4n) is 6.83. The van der Waals surface area contributed by atoms with Gasteiger partial charge in [-0.15, -0.1) is 0 Å². The van der Waals surface area contributed by atoms with Gasteiger partial charge < -0.3 is 19.5 Å². The van der Waals surface area contributed by atoms with Crippen LogP contribution >= 0.6 is 0 Å². The quantitative estimate of drug-likeness (QED) is 0.552. The standard InChI is InChI=1S/C29H43FN4O3/c1-28(2)20-29(3,11-17-36-28)19-26(35)31-23-7-4-21(5-8-23)10-12-33-13-15-34(16-14-33)27-24-18-22(30)6-9-25(24)37-32-27/h6,9,18,21,23H,4-5,7-8,10-17,19-20H2,1-3H3,(H,31,35). The highest BCUT2D eigenvalue weighted by molar-refractivity contribution is 5.88. The molecule has 204 valence electrons. The van der Waals surface area contributed by atoms with Gasteiger partial charge in [-0.2, -0.15) is 0 Å². The molecule has 1 aromatic heterocycles. The summed E-state index contributed by atoms with van der Waals surface area (Å²) in [5.74, 6) is 1.44. The smallest absolute Gasteiger partial charge is 0.220 e. The zero-order valence-electron chi connectivity index (χ0n) is 22.7. The molecule has 8 heteroatoms. The lowest BCUT2D eigenvalue weighted by Crippen LogP contribution is -2.47. The lowest BCUT2D eigenvalue weighted by molar-refractivity contribution is -0.132. The molecule has 3 heterocycles. The molecular weight excluding hydrogens is 471 g/mol. The summed E-state index contributed by atoms with van der Waals surface area (Å²) >= 11 is 0. The van der Waals surface area contributed by atoms with Gasteiger partial charge in [-0.25, -0.2) is 4.39 Å². The number of rotatable bonds is 7. The number of benzene rings is 1. The topological polar surface area (TPSA) is 70.8 Å². The number of carbonyl (C=O) groups excluding carboxylic acids is 1. The molecule has 7 nitrogen and oxygen atoms in total. The van der Waals surface area contributed by atoms with Crippen LogP contribution in [0.5, 0.6) is 0 Å². The Labute approximate surface area is 220 Å². The molecule has 1 atom stereocenters. The van der Waals surface area contributed by atoms with E-state index >= 15 is 0 Å². The Bertz CT molecular complexity index is 1070. The van der Waals surface area contributed by atoms with Crippen LogP contribution in [0.3, 0.4) is 0 Å². The van der Waals surface area contributed by atoms with Crippen LogP contribution in [0.1, 0.15) is 72.1 Å². The number of nitrogens with one attached hydrogen (secondary N) is 1. The number of ether oxygens (including phenoxy) is 1. The number of piperazine rings is 1. The van der Waals surface area contributed by atoms with E-state index in [1.54, 1.807) is 6.07 Å². The molecule has 2 aromatic rings. The fourth-order valence-corrected chi connectivity index (χ4v) is 6.83. The van der Waals surface area contributed by atoms with Crippen molar-refractivity contribution in [3.63, 3.8) is 0 Å². The van der Waals surface area contributed by atoms with Crippen molar-refractivity contribution in [2.24, 2.45) is 11.3 Å². The third-order valence-corrected chi connectivity index (χ3v) is 8.79. The van der Waals surface area contributed by atoms with Crippen LogP contribution < -0.4 is 10.2 Å². The lowest BCUT2D eigenvalue weighted by Gasteiger charge is -2.42. The number of aromatic nitrogens is 1. The number of fused-ring (bicyclic) bond motifs is 1. The molecule has 37 heavy (non-hydrogen) atoms. The van der Waals surface area contributed by atoms with E-state index in [-0.39, 0.29) is 22.7 Å². The molecule has 1 N–H and O–H groups in total. The average Bonchev–Trinajstić information content (AvgIpc) is 3.26. The summed E-state index contributed by atoms with van der Waals surface area (Å²) in [6.45, 7) is 12.1. The van der Waals surface area contributed by atoms with Gasteiger partial charge >= 0.3 is 0 Å². The van der Waals surface area contributed by atoms with Gasteiger partial charge in [0.2, 0.25) is 5.91 Å². The lowest BCUT2D eigenvalue weighted by atomic mass is 9.73. The van der Waals surface area contributed by atoms with Crippen LogP contribution in [-0.4, -0.2) is 66.9 Å². The van der Waals surface area contributed by atoms with Gasteiger partial charge in [0.15, 0.2) is 11.4 Å². The molecule has 1 unspecified atom stereocenters. The fraction of sp³-hybridized carbons (Fsp3) is 0.724. The Morgan fingerprint density at radius 2 is 1.89 bits per heavy atom. The second kappa shape index (κ2) is 10.9. The molecule has 0 spiro atoms. The van der Waals surface area contributed by atoms with E-state index in [0.29, 0.717) is 18.0 Å². The highest BCUT2D eigenvalue weighted by atomic mass is 19.1. The third kappa shape index (κ3) is 6.63. The van der Waals surface area contributed by atoms with Crippen molar-refractivity contribution in [3.8, 4) is 0 Å². The summed E-state index contributed by atoms with van der Waals surface area (Å²) in [5, 5.41) is 8.30. The summed E-state index contributed by atoms with van der Waals surface area (Å²) in [4.78, 5) is 17.6. The van der Waals surface area contributed by atoms with Crippen molar-refractivity contribution in [2.45, 2.75) is 83.8 Å². The molecule has 1 saturated carbocycles. The summed E-state index contributed by atoms with van der Waals surface area (Å²) in [6.07, 6.45) is 8.27. The third-order valence-electron chi connectivity index (χ3n) is 8.79. The zero-order valence-corrected chi connectivity index (χ0v) is 22.7. The maximum absolute atomic E-state index is 13.7. The predicted octanol–water partition coefficient (Wildman–Crippen LogP) is 5.14. The van der Waals surface area contributed by atoms with Gasteiger partial charge in [0.05, 0.1) is 11.0 Å². The molecule has 2 aliphatic heterocycles. The first-order chi connectivity index (χ1) is 17.7. The number of anilines is 1. The average molecular weight is 515 g/mol. The molecule has 0 radical (unpaired) electrons. The number of hydrogen-bond acceptors (Lipinski definition) is 6. The molecule has 3 aliphatic rings. The normalized spacial score (nSPS) is 28.9. The van der Waals surface area contributed by atoms with Crippen LogP contribution in [0, 0.1) is 17.2 Å². The van der Waals surface area contributed by atoms with Crippen LogP contribution in [-0.2, 0) is 9.53 Å². The number of carbonyl (C=O) groups is 1. The minimum absolute atomic E-state index is 0.0318. The predicted molar refractivity (Wildman–Crippen MR) is 143 cm³/mol. The van der Waals surface area contributed by atoms with Crippen molar-refractivity contribution < 1.29 is 18.4 Å². The first kappa shape index (κ1) is 26.4. The van der Waals surface area contributed by atoms with Gasteiger partial charge in [-0.05, 0) is 94.9 Å². The van der Waals surface area contributed by atoms with Crippen LogP contribution in [0.15, 0.2) is 22.7 Å². The molecule has 1 aliphatic carbocycles. The second-order valence-electron chi connectivity index (χ2n) is 12.6. The molecule has 5 rings (SSSR count). The Kier molecular flexibility index (Phi) is 7.78. The number of nitrogens with zero attached hydrogens (tertiary/aromatic N) is 3. The Balaban J connectivity index is 1.00. The monoisotopic (exact) mass is 514 g/mol. The maximum Gasteiger partial charge on any atom is 0.220 e. The number of halogens is 1. The minimum atomic E-state index is -0.262. The first-order valence-corrected chi connectivity index (χ1v) is 14.1. The summed E-state index contributed by atoms with van der Waals surface area (Å²) in [5.41, 5.74) is 0.527. The summed E-state index contributed by atoms with van der Waals surface area (Å²) in [7, 11) is 0. The van der Waals surface area contributed by atoms with E-state index in [1.165, 1.54) is 31.4 Å². The number of amides is 1. The highest BCUT2D eigenvalue weighted by Gasteiger charge is 2.39. The largest absolute Gasteiger partial charge is 0.376 e. The minimum Gasteiger partial charge on any atom is -0.376 e. The van der Waals surface area contributed by atoms with Crippen LogP contribution in [0.4, 0.5) is 10.2 Å². The van der Waals surface area contributed by atoms with E-state index < -0.39 is 0 Å². The van der Waals surface area contributed by atoms with E-state index in [4.69, 9.17) is 9.26 Å². The molecular formula is C29H43FN4O3. The Morgan fingerprint density at radius 3 is 2.62 bits per heavy atom. The van der Waals surface area contributed by atoms with Crippen molar-refractivity contribution in [1.82, 2.24) is 15.4 Å². The van der Waals surface area contributed by atoms with Gasteiger partial charge in [-0.1, -0.05) is 12.1 Å². The first-order valence-electron chi connectivity index (χ1n) is 14.1. The molecule has 2 saturated heterocycles. The molecule has 0 bridgehead atoms. The van der Waals surface area contributed by atoms with Crippen molar-refractivity contribution in [3.05, 3.63) is 24.0 Å². The SMILES string of the molecule is CC1(CC(=O)NC2CCC(CCN3CCN(c4noc5ccc(F)cc45)CC3)CC2)CCOC(C)(C)C1. The van der Waals surface area contributed by atoms with E-state index in [9.17, 15) is 9.18 Å². The van der Waals surface area contributed by atoms with Crippen LogP contribution in [0.2, 0.25) is 0 Å². The van der Waals surface area contributed by atoms with Crippen molar-refractivity contribution >= 4 is 22.7 Å². The zero-order chi connectivity index (χ0) is 26.0. The van der Waals surface area contributed by atoms with Crippen molar-refractivity contribution in [2.75, 3.05) is 44.2 Å². The number of hydrogen-bond donors (Lipinski definition) is 1. The van der Waals surface area contributed by atoms with E-state index in [0.717, 1.165) is 82.1 Å². The van der Waals surface area contributed by atoms with E-state index in [1.807, 2.05) is 0 Å². The second-order valence-corrected chi connectivity index (χ2v) is 12.6. The Hall–Kier alpha value is -2.19. The van der Waals surface area contributed by atoms with Gasteiger partial charge in [0, 0.05) is 45.2 Å². The summed E-state index contributed by atoms with van der Waals surface area (Å²) in [6, 6.07) is 4.89. The highest BCUT2D eigenvalue weighted by Crippen LogP contribution is 2.41. The summed E-state index contributed by atoms with van der Waals surface area (Å²) < 4.78 is 24.9. The molecule has 3 fully saturated rings. The van der Waals surface area contributed by atoms with Gasteiger partial charge in [-0.3, -0.25) is 9.69 Å². The van der Waals surface area contributed by atoms with Gasteiger partial charge in [0.1, 0.15) is 5.82 Å².